The predicted molar refractivity (Wildman–Crippen MR) is 67.0 cm³/mol. The highest BCUT2D eigenvalue weighted by atomic mass is 16.5. The first-order valence-electron chi connectivity index (χ1n) is 6.14. The van der Waals surface area contributed by atoms with Gasteiger partial charge in [-0.15, -0.1) is 0 Å². The molecule has 0 bridgehead atoms. The molecular weight excluding hydrogens is 216 g/mol. The number of nitrogens with zero attached hydrogens (tertiary/aromatic N) is 1. The highest BCUT2D eigenvalue weighted by molar-refractivity contribution is 5.27. The molecule has 4 nitrogen and oxygen atoms in total. The van der Waals surface area contributed by atoms with E-state index in [1.54, 1.807) is 13.2 Å². The number of pyridine rings is 1. The van der Waals surface area contributed by atoms with E-state index >= 15 is 0 Å². The Bertz CT molecular complexity index is 453. The molecule has 0 saturated heterocycles. The number of hydrogen-bond donors (Lipinski definition) is 1. The molecule has 4 heteroatoms. The summed E-state index contributed by atoms with van der Waals surface area (Å²) in [6.07, 6.45) is 3.04. The standard InChI is InChI=1S/C13H20N2O2/c1-9(17-2)8-15-12-5-3-4-11(14)10(12)6-7-13(15)16/h6-7,9,11H,3-5,8,14H2,1-2H3. The van der Waals surface area contributed by atoms with E-state index in [0.29, 0.717) is 6.54 Å². The molecule has 0 saturated carbocycles. The zero-order valence-corrected chi connectivity index (χ0v) is 10.5. The van der Waals surface area contributed by atoms with Crippen LogP contribution in [0.1, 0.15) is 37.1 Å². The Labute approximate surface area is 101 Å². The summed E-state index contributed by atoms with van der Waals surface area (Å²) >= 11 is 0. The average molecular weight is 236 g/mol. The number of hydrogen-bond acceptors (Lipinski definition) is 3. The van der Waals surface area contributed by atoms with Gasteiger partial charge in [-0.05, 0) is 31.7 Å². The normalized spacial score (nSPS) is 21.0. The van der Waals surface area contributed by atoms with Crippen LogP contribution in [0.3, 0.4) is 0 Å². The van der Waals surface area contributed by atoms with E-state index < -0.39 is 0 Å². The maximum absolute atomic E-state index is 11.9. The summed E-state index contributed by atoms with van der Waals surface area (Å²) in [7, 11) is 1.66. The fraction of sp³-hybridized carbons (Fsp3) is 0.615. The predicted octanol–water partition coefficient (Wildman–Crippen LogP) is 1.22. The Morgan fingerprint density at radius 1 is 1.59 bits per heavy atom. The van der Waals surface area contributed by atoms with Crippen molar-refractivity contribution >= 4 is 0 Å². The van der Waals surface area contributed by atoms with Crippen molar-refractivity contribution in [2.45, 2.75) is 44.9 Å². The zero-order chi connectivity index (χ0) is 12.4. The molecule has 2 atom stereocenters. The zero-order valence-electron chi connectivity index (χ0n) is 10.5. The van der Waals surface area contributed by atoms with Crippen LogP contribution < -0.4 is 11.3 Å². The quantitative estimate of drug-likeness (QED) is 0.858. The molecule has 0 amide bonds. The molecule has 1 aliphatic rings. The first-order valence-corrected chi connectivity index (χ1v) is 6.14. The SMILES string of the molecule is COC(C)Cn1c2c(ccc1=O)C(N)CCC2. The lowest BCUT2D eigenvalue weighted by Gasteiger charge is -2.26. The Balaban J connectivity index is 2.43. The maximum Gasteiger partial charge on any atom is 0.250 e. The van der Waals surface area contributed by atoms with Gasteiger partial charge in [0, 0.05) is 24.9 Å². The molecule has 2 unspecified atom stereocenters. The molecule has 1 aromatic rings. The van der Waals surface area contributed by atoms with Crippen molar-refractivity contribution in [3.63, 3.8) is 0 Å². The molecule has 0 spiro atoms. The van der Waals surface area contributed by atoms with Crippen LogP contribution in [0.2, 0.25) is 0 Å². The van der Waals surface area contributed by atoms with Gasteiger partial charge in [0.2, 0.25) is 0 Å². The number of nitrogens with two attached hydrogens (primary N) is 1. The molecule has 2 N–H and O–H groups in total. The summed E-state index contributed by atoms with van der Waals surface area (Å²) in [4.78, 5) is 11.9. The monoisotopic (exact) mass is 236 g/mol. The Morgan fingerprint density at radius 3 is 3.06 bits per heavy atom. The minimum atomic E-state index is 0.0392. The number of ether oxygens (including phenoxy) is 1. The van der Waals surface area contributed by atoms with E-state index in [9.17, 15) is 4.79 Å². The summed E-state index contributed by atoms with van der Waals surface area (Å²) in [5, 5.41) is 0. The average Bonchev–Trinajstić information content (AvgIpc) is 2.33. The Kier molecular flexibility index (Phi) is 3.64. The summed E-state index contributed by atoms with van der Waals surface area (Å²) in [6, 6.07) is 3.57. The second kappa shape index (κ2) is 5.02. The van der Waals surface area contributed by atoms with Crippen molar-refractivity contribution in [3.05, 3.63) is 33.7 Å². The fourth-order valence-electron chi connectivity index (χ4n) is 2.43. The highest BCUT2D eigenvalue weighted by Crippen LogP contribution is 2.26. The second-order valence-electron chi connectivity index (χ2n) is 4.73. The number of aromatic nitrogens is 1. The van der Waals surface area contributed by atoms with Crippen LogP contribution in [0.15, 0.2) is 16.9 Å². The van der Waals surface area contributed by atoms with Gasteiger partial charge in [0.25, 0.3) is 5.56 Å². The third kappa shape index (κ3) is 2.42. The van der Waals surface area contributed by atoms with E-state index in [-0.39, 0.29) is 17.7 Å². The van der Waals surface area contributed by atoms with Crippen LogP contribution in [0.4, 0.5) is 0 Å². The van der Waals surface area contributed by atoms with Gasteiger partial charge in [-0.2, -0.15) is 0 Å². The highest BCUT2D eigenvalue weighted by Gasteiger charge is 2.20. The van der Waals surface area contributed by atoms with E-state index in [2.05, 4.69) is 0 Å². The van der Waals surface area contributed by atoms with E-state index in [1.165, 1.54) is 0 Å². The molecule has 1 aromatic heterocycles. The molecule has 0 radical (unpaired) electrons. The van der Waals surface area contributed by atoms with Crippen LogP contribution >= 0.6 is 0 Å². The summed E-state index contributed by atoms with van der Waals surface area (Å²) in [5.41, 5.74) is 8.35. The van der Waals surface area contributed by atoms with Crippen LogP contribution in [0.5, 0.6) is 0 Å². The van der Waals surface area contributed by atoms with Gasteiger partial charge in [0.05, 0.1) is 12.6 Å². The van der Waals surface area contributed by atoms with Gasteiger partial charge < -0.3 is 15.0 Å². The van der Waals surface area contributed by atoms with Gasteiger partial charge in [-0.1, -0.05) is 6.07 Å². The smallest absolute Gasteiger partial charge is 0.250 e. The van der Waals surface area contributed by atoms with Gasteiger partial charge in [-0.3, -0.25) is 4.79 Å². The van der Waals surface area contributed by atoms with Crippen molar-refractivity contribution in [3.8, 4) is 0 Å². The second-order valence-corrected chi connectivity index (χ2v) is 4.73. The molecular formula is C13H20N2O2. The van der Waals surface area contributed by atoms with Crippen molar-refractivity contribution in [1.29, 1.82) is 0 Å². The number of fused-ring (bicyclic) bond motifs is 1. The van der Waals surface area contributed by atoms with Crippen LogP contribution in [0, 0.1) is 0 Å². The first kappa shape index (κ1) is 12.3. The van der Waals surface area contributed by atoms with Crippen molar-refractivity contribution in [2.24, 2.45) is 5.73 Å². The molecule has 0 aromatic carbocycles. The molecule has 1 aliphatic carbocycles. The van der Waals surface area contributed by atoms with Crippen molar-refractivity contribution in [2.75, 3.05) is 7.11 Å². The lowest BCUT2D eigenvalue weighted by molar-refractivity contribution is 0.101. The molecule has 17 heavy (non-hydrogen) atoms. The van der Waals surface area contributed by atoms with E-state index in [1.807, 2.05) is 17.6 Å². The van der Waals surface area contributed by atoms with Crippen LogP contribution in [-0.2, 0) is 17.7 Å². The lowest BCUT2D eigenvalue weighted by atomic mass is 9.91. The Morgan fingerprint density at radius 2 is 2.35 bits per heavy atom. The molecule has 2 rings (SSSR count). The minimum absolute atomic E-state index is 0.0392. The molecule has 94 valence electrons. The van der Waals surface area contributed by atoms with Gasteiger partial charge in [0.15, 0.2) is 0 Å². The molecule has 1 heterocycles. The van der Waals surface area contributed by atoms with E-state index in [4.69, 9.17) is 10.5 Å². The topological polar surface area (TPSA) is 57.2 Å². The van der Waals surface area contributed by atoms with E-state index in [0.717, 1.165) is 30.5 Å². The third-order valence-electron chi connectivity index (χ3n) is 3.50. The largest absolute Gasteiger partial charge is 0.380 e. The summed E-state index contributed by atoms with van der Waals surface area (Å²) in [5.74, 6) is 0. The lowest BCUT2D eigenvalue weighted by Crippen LogP contribution is -2.32. The van der Waals surface area contributed by atoms with Crippen LogP contribution in [0.25, 0.3) is 0 Å². The summed E-state index contributed by atoms with van der Waals surface area (Å²) < 4.78 is 7.06. The fourth-order valence-corrected chi connectivity index (χ4v) is 2.43. The van der Waals surface area contributed by atoms with Crippen LogP contribution in [-0.4, -0.2) is 17.8 Å². The third-order valence-corrected chi connectivity index (χ3v) is 3.50. The Hall–Kier alpha value is -1.13. The van der Waals surface area contributed by atoms with Crippen molar-refractivity contribution < 1.29 is 4.74 Å². The molecule has 0 fully saturated rings. The van der Waals surface area contributed by atoms with Crippen molar-refractivity contribution in [1.82, 2.24) is 4.57 Å². The number of rotatable bonds is 3. The van der Waals surface area contributed by atoms with Gasteiger partial charge in [-0.25, -0.2) is 0 Å². The minimum Gasteiger partial charge on any atom is -0.380 e. The first-order chi connectivity index (χ1) is 8.13. The van der Waals surface area contributed by atoms with Gasteiger partial charge in [0.1, 0.15) is 0 Å². The van der Waals surface area contributed by atoms with Gasteiger partial charge >= 0.3 is 0 Å². The maximum atomic E-state index is 11.9. The number of methoxy groups -OCH3 is 1. The summed E-state index contributed by atoms with van der Waals surface area (Å²) in [6.45, 7) is 2.57. The molecule has 0 aliphatic heterocycles.